The molecule has 0 saturated carbocycles. The first-order chi connectivity index (χ1) is 20.7. The highest BCUT2D eigenvalue weighted by Gasteiger charge is 2.32. The largest absolute Gasteiger partial charge is 0.508 e. The van der Waals surface area contributed by atoms with Crippen LogP contribution in [0.4, 0.5) is 0 Å². The average Bonchev–Trinajstić information content (AvgIpc) is 3.00. The van der Waals surface area contributed by atoms with Crippen molar-refractivity contribution in [3.63, 3.8) is 0 Å². The van der Waals surface area contributed by atoms with Gasteiger partial charge >= 0.3 is 0 Å². The van der Waals surface area contributed by atoms with Crippen LogP contribution < -0.4 is 24.4 Å². The highest BCUT2D eigenvalue weighted by Crippen LogP contribution is 2.47. The number of ketones is 1. The fourth-order valence-electron chi connectivity index (χ4n) is 5.32. The van der Waals surface area contributed by atoms with Gasteiger partial charge in [0.15, 0.2) is 16.8 Å². The zero-order valence-electron chi connectivity index (χ0n) is 23.3. The second-order valence-corrected chi connectivity index (χ2v) is 9.91. The van der Waals surface area contributed by atoms with E-state index in [1.165, 1.54) is 51.7 Å². The lowest BCUT2D eigenvalue weighted by Gasteiger charge is -2.27. The summed E-state index contributed by atoms with van der Waals surface area (Å²) in [5, 5.41) is 30.9. The maximum Gasteiger partial charge on any atom is 0.197 e. The molecular formula is C33H26O10. The molecular weight excluding hydrogens is 556 g/mol. The number of hydrogen-bond acceptors (Lipinski definition) is 10. The smallest absolute Gasteiger partial charge is 0.197 e. The number of carbonyl (C=O) groups excluding carboxylic acids is 1. The van der Waals surface area contributed by atoms with Gasteiger partial charge in [0.2, 0.25) is 0 Å². The second kappa shape index (κ2) is 10.6. The lowest BCUT2D eigenvalue weighted by atomic mass is 9.92. The molecule has 0 spiro atoms. The predicted molar refractivity (Wildman–Crippen MR) is 157 cm³/mol. The van der Waals surface area contributed by atoms with Crippen LogP contribution in [0.1, 0.15) is 28.4 Å². The Morgan fingerprint density at radius 1 is 0.767 bits per heavy atom. The zero-order chi connectivity index (χ0) is 30.4. The minimum absolute atomic E-state index is 0.0449. The van der Waals surface area contributed by atoms with Crippen molar-refractivity contribution in [3.05, 3.63) is 88.1 Å². The number of Topliss-reactive ketones (excluding diaryl/α,β-unsaturated/α-hetero) is 1. The lowest BCUT2D eigenvalue weighted by Crippen LogP contribution is -2.20. The Balaban J connectivity index is 1.56. The SMILES string of the molecule is COc1cc(O)c2c(c1)OC(c1ccc(OC)c(-c3c(OC)cc(O)c4c(=O)cc(-c5ccc(O)cc5)oc34)c1)CC2=O. The van der Waals surface area contributed by atoms with Crippen molar-refractivity contribution in [2.45, 2.75) is 12.5 Å². The van der Waals surface area contributed by atoms with Gasteiger partial charge < -0.3 is 38.7 Å². The maximum atomic E-state index is 13.3. The number of carbonyl (C=O) groups is 1. The van der Waals surface area contributed by atoms with Gasteiger partial charge in [-0.15, -0.1) is 0 Å². The quantitative estimate of drug-likeness (QED) is 0.219. The van der Waals surface area contributed by atoms with E-state index in [-0.39, 0.29) is 63.2 Å². The molecule has 0 bridgehead atoms. The zero-order valence-corrected chi connectivity index (χ0v) is 23.3. The van der Waals surface area contributed by atoms with Crippen LogP contribution in [0.5, 0.6) is 40.2 Å². The molecule has 1 aliphatic heterocycles. The topological polar surface area (TPSA) is 145 Å². The molecule has 0 saturated heterocycles. The van der Waals surface area contributed by atoms with Gasteiger partial charge in [-0.25, -0.2) is 0 Å². The molecule has 6 rings (SSSR count). The van der Waals surface area contributed by atoms with Crippen LogP contribution in [0, 0.1) is 0 Å². The molecule has 10 heteroatoms. The molecule has 3 N–H and O–H groups in total. The minimum atomic E-state index is -0.731. The summed E-state index contributed by atoms with van der Waals surface area (Å²) in [6, 6.07) is 16.8. The highest BCUT2D eigenvalue weighted by molar-refractivity contribution is 6.03. The van der Waals surface area contributed by atoms with E-state index in [9.17, 15) is 24.9 Å². The Kier molecular flexibility index (Phi) is 6.81. The third-order valence-corrected chi connectivity index (χ3v) is 7.39. The fourth-order valence-corrected chi connectivity index (χ4v) is 5.32. The van der Waals surface area contributed by atoms with E-state index in [0.717, 1.165) is 0 Å². The number of phenolic OH excluding ortho intramolecular Hbond substituents is 3. The highest BCUT2D eigenvalue weighted by atomic mass is 16.5. The van der Waals surface area contributed by atoms with E-state index in [0.29, 0.717) is 33.8 Å². The van der Waals surface area contributed by atoms with Gasteiger partial charge in [0, 0.05) is 35.4 Å². The third kappa shape index (κ3) is 4.72. The molecule has 2 heterocycles. The van der Waals surface area contributed by atoms with Crippen LogP contribution in [0.15, 0.2) is 75.9 Å². The number of aromatic hydroxyl groups is 3. The first-order valence-corrected chi connectivity index (χ1v) is 13.2. The summed E-state index contributed by atoms with van der Waals surface area (Å²) < 4.78 is 29.0. The number of benzene rings is 4. The first kappa shape index (κ1) is 27.5. The summed E-state index contributed by atoms with van der Waals surface area (Å²) >= 11 is 0. The van der Waals surface area contributed by atoms with Crippen LogP contribution >= 0.6 is 0 Å². The van der Waals surface area contributed by atoms with E-state index < -0.39 is 11.5 Å². The molecule has 218 valence electrons. The van der Waals surface area contributed by atoms with Crippen LogP contribution in [0.25, 0.3) is 33.4 Å². The molecule has 0 aliphatic carbocycles. The van der Waals surface area contributed by atoms with Crippen LogP contribution in [0.3, 0.4) is 0 Å². The van der Waals surface area contributed by atoms with Crippen molar-refractivity contribution in [1.82, 2.24) is 0 Å². The standard InChI is InChI=1S/C33H26O10/c1-39-19-11-21(35)31-22(36)13-27(42-29(31)12-19)17-6-9-25(40-2)20(10-17)30-28(41-3)15-24(38)32-23(37)14-26(43-33(30)32)16-4-7-18(34)8-5-16/h4-12,14-15,27,34-35,38H,13H2,1-3H3. The summed E-state index contributed by atoms with van der Waals surface area (Å²) in [5.41, 5.74) is 1.53. The molecule has 1 atom stereocenters. The predicted octanol–water partition coefficient (Wildman–Crippen LogP) is 5.98. The Morgan fingerprint density at radius 3 is 2.21 bits per heavy atom. The van der Waals surface area contributed by atoms with Crippen molar-refractivity contribution in [2.75, 3.05) is 21.3 Å². The Morgan fingerprint density at radius 2 is 1.51 bits per heavy atom. The Labute approximate surface area is 244 Å². The van der Waals surface area contributed by atoms with Gasteiger partial charge in [0.05, 0.1) is 33.3 Å². The molecule has 0 fully saturated rings. The number of rotatable bonds is 6. The molecule has 0 radical (unpaired) electrons. The summed E-state index contributed by atoms with van der Waals surface area (Å²) in [7, 11) is 4.35. The Bertz CT molecular complexity index is 1960. The number of methoxy groups -OCH3 is 3. The van der Waals surface area contributed by atoms with E-state index in [2.05, 4.69) is 0 Å². The van der Waals surface area contributed by atoms with Gasteiger partial charge in [-0.2, -0.15) is 0 Å². The van der Waals surface area contributed by atoms with Gasteiger partial charge in [-0.3, -0.25) is 9.59 Å². The van der Waals surface area contributed by atoms with E-state index in [1.54, 1.807) is 36.4 Å². The molecule has 1 aromatic heterocycles. The van der Waals surface area contributed by atoms with Gasteiger partial charge in [0.1, 0.15) is 63.1 Å². The van der Waals surface area contributed by atoms with E-state index in [4.69, 9.17) is 23.4 Å². The number of hydrogen-bond donors (Lipinski definition) is 3. The third-order valence-electron chi connectivity index (χ3n) is 7.39. The van der Waals surface area contributed by atoms with Crippen LogP contribution in [-0.2, 0) is 0 Å². The van der Waals surface area contributed by atoms with E-state index >= 15 is 0 Å². The van der Waals surface area contributed by atoms with Crippen molar-refractivity contribution < 1.29 is 43.5 Å². The van der Waals surface area contributed by atoms with E-state index in [1.807, 2.05) is 0 Å². The summed E-state index contributed by atoms with van der Waals surface area (Å²) in [5.74, 6) is 0.506. The lowest BCUT2D eigenvalue weighted by molar-refractivity contribution is 0.0844. The van der Waals surface area contributed by atoms with Crippen LogP contribution in [-0.4, -0.2) is 42.4 Å². The average molecular weight is 583 g/mol. The van der Waals surface area contributed by atoms with Crippen molar-refractivity contribution >= 4 is 16.8 Å². The molecule has 0 amide bonds. The monoisotopic (exact) mass is 582 g/mol. The molecule has 43 heavy (non-hydrogen) atoms. The summed E-state index contributed by atoms with van der Waals surface area (Å²) in [6.07, 6.45) is -0.781. The van der Waals surface area contributed by atoms with Gasteiger partial charge in [-0.1, -0.05) is 6.07 Å². The fraction of sp³-hybridized carbons (Fsp3) is 0.152. The molecule has 5 aromatic rings. The molecule has 10 nitrogen and oxygen atoms in total. The van der Waals surface area contributed by atoms with Gasteiger partial charge in [0.25, 0.3) is 0 Å². The first-order valence-electron chi connectivity index (χ1n) is 13.2. The number of fused-ring (bicyclic) bond motifs is 2. The van der Waals surface area contributed by atoms with Crippen molar-refractivity contribution in [1.29, 1.82) is 0 Å². The molecule has 1 aliphatic rings. The van der Waals surface area contributed by atoms with Crippen molar-refractivity contribution in [3.8, 4) is 62.7 Å². The maximum absolute atomic E-state index is 13.3. The normalized spacial score (nSPS) is 14.2. The summed E-state index contributed by atoms with van der Waals surface area (Å²) in [6.45, 7) is 0. The summed E-state index contributed by atoms with van der Waals surface area (Å²) in [4.78, 5) is 26.4. The molecule has 1 unspecified atom stereocenters. The van der Waals surface area contributed by atoms with Crippen molar-refractivity contribution in [2.24, 2.45) is 0 Å². The van der Waals surface area contributed by atoms with Gasteiger partial charge in [-0.05, 0) is 42.0 Å². The Hall–Kier alpha value is -5.64. The second-order valence-electron chi connectivity index (χ2n) is 9.91. The van der Waals surface area contributed by atoms with Crippen LogP contribution in [0.2, 0.25) is 0 Å². The molecule has 4 aromatic carbocycles. The minimum Gasteiger partial charge on any atom is -0.508 e. The number of phenols is 3. The number of ether oxygens (including phenoxy) is 4.